The summed E-state index contributed by atoms with van der Waals surface area (Å²) in [6.45, 7) is 5.75. The number of carbonyl (C=O) groups is 1. The van der Waals surface area contributed by atoms with Gasteiger partial charge < -0.3 is 15.5 Å². The van der Waals surface area contributed by atoms with E-state index in [-0.39, 0.29) is 5.91 Å². The summed E-state index contributed by atoms with van der Waals surface area (Å²) in [5, 5.41) is 0. The van der Waals surface area contributed by atoms with Crippen LogP contribution in [-0.2, 0) is 4.79 Å². The van der Waals surface area contributed by atoms with Crippen LogP contribution in [0.15, 0.2) is 24.3 Å². The van der Waals surface area contributed by atoms with Gasteiger partial charge in [-0.3, -0.25) is 9.69 Å². The largest absolute Gasteiger partial charge is 0.399 e. The average Bonchev–Trinajstić information content (AvgIpc) is 2.60. The molecule has 2 N–H and O–H groups in total. The van der Waals surface area contributed by atoms with E-state index in [0.29, 0.717) is 18.3 Å². The van der Waals surface area contributed by atoms with Crippen molar-refractivity contribution in [2.24, 2.45) is 0 Å². The predicted molar refractivity (Wildman–Crippen MR) is 87.4 cm³/mol. The summed E-state index contributed by atoms with van der Waals surface area (Å²) in [7, 11) is 3.96. The zero-order chi connectivity index (χ0) is 15.4. The highest BCUT2D eigenvalue weighted by Gasteiger charge is 2.23. The van der Waals surface area contributed by atoms with Gasteiger partial charge in [0.15, 0.2) is 0 Å². The molecule has 0 aliphatic carbocycles. The van der Waals surface area contributed by atoms with Gasteiger partial charge >= 0.3 is 0 Å². The molecule has 1 aromatic rings. The van der Waals surface area contributed by atoms with Crippen molar-refractivity contribution < 1.29 is 4.79 Å². The lowest BCUT2D eigenvalue weighted by Gasteiger charge is -2.29. The Labute approximate surface area is 127 Å². The fourth-order valence-electron chi connectivity index (χ4n) is 2.78. The average molecular weight is 290 g/mol. The Hall–Kier alpha value is -1.59. The van der Waals surface area contributed by atoms with Gasteiger partial charge in [0.25, 0.3) is 0 Å². The molecule has 1 saturated heterocycles. The second-order valence-corrected chi connectivity index (χ2v) is 5.98. The Kier molecular flexibility index (Phi) is 5.20. The fourth-order valence-corrected chi connectivity index (χ4v) is 2.78. The highest BCUT2D eigenvalue weighted by molar-refractivity contribution is 5.94. The third-order valence-corrected chi connectivity index (χ3v) is 4.18. The van der Waals surface area contributed by atoms with Gasteiger partial charge in [-0.25, -0.2) is 0 Å². The molecule has 1 aliphatic rings. The number of nitrogen functional groups attached to an aromatic ring is 1. The highest BCUT2D eigenvalue weighted by Crippen LogP contribution is 2.16. The molecule has 1 atom stereocenters. The number of nitrogens with two attached hydrogens (primary N) is 1. The quantitative estimate of drug-likeness (QED) is 0.852. The number of likely N-dealkylation sites (N-methyl/N-ethyl adjacent to an activating group) is 2. The first-order valence-electron chi connectivity index (χ1n) is 7.52. The number of nitrogens with zero attached hydrogens (tertiary/aromatic N) is 3. The summed E-state index contributed by atoms with van der Waals surface area (Å²) < 4.78 is 0. The van der Waals surface area contributed by atoms with Crippen LogP contribution < -0.4 is 10.6 Å². The van der Waals surface area contributed by atoms with E-state index in [1.165, 1.54) is 0 Å². The van der Waals surface area contributed by atoms with Gasteiger partial charge in [-0.05, 0) is 51.2 Å². The lowest BCUT2D eigenvalue weighted by molar-refractivity contribution is -0.119. The molecular formula is C16H26N4O. The van der Waals surface area contributed by atoms with Gasteiger partial charge in [0.2, 0.25) is 5.91 Å². The van der Waals surface area contributed by atoms with Gasteiger partial charge in [0, 0.05) is 37.6 Å². The molecule has 116 valence electrons. The molecule has 5 heteroatoms. The third-order valence-electron chi connectivity index (χ3n) is 4.18. The molecule has 0 bridgehead atoms. The molecule has 0 saturated carbocycles. The molecular weight excluding hydrogens is 264 g/mol. The van der Waals surface area contributed by atoms with Gasteiger partial charge in [-0.15, -0.1) is 0 Å². The van der Waals surface area contributed by atoms with Crippen LogP contribution >= 0.6 is 0 Å². The first-order valence-corrected chi connectivity index (χ1v) is 7.52. The lowest BCUT2D eigenvalue weighted by atomic mass is 10.2. The zero-order valence-electron chi connectivity index (χ0n) is 13.2. The molecule has 1 aromatic carbocycles. The minimum absolute atomic E-state index is 0.121. The normalized spacial score (nSPS) is 21.0. The maximum Gasteiger partial charge on any atom is 0.240 e. The van der Waals surface area contributed by atoms with Crippen LogP contribution in [0.4, 0.5) is 11.4 Å². The van der Waals surface area contributed by atoms with E-state index in [0.717, 1.165) is 31.7 Å². The van der Waals surface area contributed by atoms with Gasteiger partial charge in [0.05, 0.1) is 6.54 Å². The van der Waals surface area contributed by atoms with Crippen LogP contribution in [-0.4, -0.2) is 62.0 Å². The van der Waals surface area contributed by atoms with Crippen molar-refractivity contribution in [2.75, 3.05) is 50.9 Å². The topological polar surface area (TPSA) is 52.8 Å². The summed E-state index contributed by atoms with van der Waals surface area (Å²) in [4.78, 5) is 18.8. The van der Waals surface area contributed by atoms with E-state index in [2.05, 4.69) is 23.8 Å². The Morgan fingerprint density at radius 1 is 1.33 bits per heavy atom. The SMILES string of the molecule is CC1CN(C)CCCN1CC(=O)N(C)c1ccc(N)cc1. The number of rotatable bonds is 3. The number of amides is 1. The van der Waals surface area contributed by atoms with Crippen molar-refractivity contribution in [1.29, 1.82) is 0 Å². The van der Waals surface area contributed by atoms with Crippen LogP contribution in [0.3, 0.4) is 0 Å². The van der Waals surface area contributed by atoms with Gasteiger partial charge in [-0.2, -0.15) is 0 Å². The molecule has 1 fully saturated rings. The van der Waals surface area contributed by atoms with Crippen LogP contribution in [0.1, 0.15) is 13.3 Å². The van der Waals surface area contributed by atoms with E-state index in [9.17, 15) is 4.79 Å². The Morgan fingerprint density at radius 3 is 2.67 bits per heavy atom. The first-order chi connectivity index (χ1) is 9.97. The summed E-state index contributed by atoms with van der Waals surface area (Å²) in [6.07, 6.45) is 1.11. The van der Waals surface area contributed by atoms with E-state index in [1.807, 2.05) is 31.3 Å². The number of hydrogen-bond acceptors (Lipinski definition) is 4. The second-order valence-electron chi connectivity index (χ2n) is 5.98. The van der Waals surface area contributed by atoms with Crippen LogP contribution in [0.25, 0.3) is 0 Å². The van der Waals surface area contributed by atoms with Crippen molar-refractivity contribution >= 4 is 17.3 Å². The minimum Gasteiger partial charge on any atom is -0.399 e. The standard InChI is InChI=1S/C16H26N4O/c1-13-11-18(2)9-4-10-20(13)12-16(21)19(3)15-7-5-14(17)6-8-15/h5-8,13H,4,9-12,17H2,1-3H3. The van der Waals surface area contributed by atoms with Gasteiger partial charge in [0.1, 0.15) is 0 Å². The maximum absolute atomic E-state index is 12.5. The summed E-state index contributed by atoms with van der Waals surface area (Å²) in [5.74, 6) is 0.121. The molecule has 1 aliphatic heterocycles. The minimum atomic E-state index is 0.121. The van der Waals surface area contributed by atoms with E-state index >= 15 is 0 Å². The highest BCUT2D eigenvalue weighted by atomic mass is 16.2. The Bertz CT molecular complexity index is 474. The van der Waals surface area contributed by atoms with Crippen LogP contribution in [0.5, 0.6) is 0 Å². The van der Waals surface area contributed by atoms with Crippen LogP contribution in [0.2, 0.25) is 0 Å². The number of carbonyl (C=O) groups excluding carboxylic acids is 1. The smallest absolute Gasteiger partial charge is 0.240 e. The van der Waals surface area contributed by atoms with Crippen molar-refractivity contribution in [2.45, 2.75) is 19.4 Å². The monoisotopic (exact) mass is 290 g/mol. The third kappa shape index (κ3) is 4.19. The first kappa shape index (κ1) is 15.8. The van der Waals surface area contributed by atoms with Crippen molar-refractivity contribution in [1.82, 2.24) is 9.80 Å². The maximum atomic E-state index is 12.5. The van der Waals surface area contributed by atoms with Crippen molar-refractivity contribution in [3.05, 3.63) is 24.3 Å². The van der Waals surface area contributed by atoms with E-state index in [4.69, 9.17) is 5.73 Å². The Balaban J connectivity index is 1.98. The molecule has 1 unspecified atom stereocenters. The van der Waals surface area contributed by atoms with E-state index < -0.39 is 0 Å². The van der Waals surface area contributed by atoms with Crippen molar-refractivity contribution in [3.63, 3.8) is 0 Å². The lowest BCUT2D eigenvalue weighted by Crippen LogP contribution is -2.44. The molecule has 0 spiro atoms. The summed E-state index contributed by atoms with van der Waals surface area (Å²) in [6, 6.07) is 7.81. The fraction of sp³-hybridized carbons (Fsp3) is 0.562. The summed E-state index contributed by atoms with van der Waals surface area (Å²) >= 11 is 0. The molecule has 2 rings (SSSR count). The van der Waals surface area contributed by atoms with Crippen LogP contribution in [0, 0.1) is 0 Å². The molecule has 5 nitrogen and oxygen atoms in total. The van der Waals surface area contributed by atoms with E-state index in [1.54, 1.807) is 4.90 Å². The van der Waals surface area contributed by atoms with Crippen molar-refractivity contribution in [3.8, 4) is 0 Å². The molecule has 0 aromatic heterocycles. The Morgan fingerprint density at radius 2 is 2.00 bits per heavy atom. The second kappa shape index (κ2) is 6.91. The van der Waals surface area contributed by atoms with Gasteiger partial charge in [-0.1, -0.05) is 0 Å². The molecule has 21 heavy (non-hydrogen) atoms. The molecule has 1 amide bonds. The predicted octanol–water partition coefficient (Wildman–Crippen LogP) is 1.26. The number of benzene rings is 1. The number of anilines is 2. The zero-order valence-corrected chi connectivity index (χ0v) is 13.2. The molecule has 1 heterocycles. The molecule has 0 radical (unpaired) electrons. The number of hydrogen-bond donors (Lipinski definition) is 1. The summed E-state index contributed by atoms with van der Waals surface area (Å²) in [5.41, 5.74) is 7.28.